The quantitative estimate of drug-likeness (QED) is 0.115. The summed E-state index contributed by atoms with van der Waals surface area (Å²) in [4.78, 5) is 41.0. The number of aromatic nitrogens is 2. The highest BCUT2D eigenvalue weighted by molar-refractivity contribution is 7.52. The Bertz CT molecular complexity index is 1330. The average Bonchev–Trinajstić information content (AvgIpc) is 3.11. The smallest absolute Gasteiger partial charge is 0.459 e. The lowest BCUT2D eigenvalue weighted by Gasteiger charge is -2.28. The molecule has 2 aromatic rings. The molecule has 1 aromatic carbocycles. The number of rotatable bonds is 12. The highest BCUT2D eigenvalue weighted by atomic mass is 31.2. The third-order valence-corrected chi connectivity index (χ3v) is 7.29. The van der Waals surface area contributed by atoms with Gasteiger partial charge in [-0.2, -0.15) is 5.09 Å². The fourth-order valence-electron chi connectivity index (χ4n) is 3.69. The van der Waals surface area contributed by atoms with Crippen molar-refractivity contribution in [1.82, 2.24) is 14.6 Å². The van der Waals surface area contributed by atoms with Gasteiger partial charge >= 0.3 is 19.4 Å². The highest BCUT2D eigenvalue weighted by Gasteiger charge is 2.55. The summed E-state index contributed by atoms with van der Waals surface area (Å²) in [6.07, 6.45) is -2.45. The van der Waals surface area contributed by atoms with Crippen LogP contribution >= 0.6 is 7.75 Å². The molecule has 0 amide bonds. The van der Waals surface area contributed by atoms with Gasteiger partial charge in [-0.25, -0.2) is 9.36 Å². The van der Waals surface area contributed by atoms with Crippen LogP contribution in [0.4, 0.5) is 0 Å². The zero-order chi connectivity index (χ0) is 27.9. The predicted octanol–water partition coefficient (Wildman–Crippen LogP) is 2.00. The molecule has 1 aliphatic heterocycles. The van der Waals surface area contributed by atoms with Crippen molar-refractivity contribution < 1.29 is 33.0 Å². The molecule has 0 bridgehead atoms. The van der Waals surface area contributed by atoms with E-state index in [1.165, 1.54) is 26.0 Å². The molecule has 0 radical (unpaired) electrons. The topological polar surface area (TPSA) is 207 Å². The molecule has 0 spiro atoms. The van der Waals surface area contributed by atoms with Gasteiger partial charge in [-0.3, -0.25) is 23.7 Å². The van der Waals surface area contributed by atoms with E-state index in [0.29, 0.717) is 6.42 Å². The summed E-state index contributed by atoms with van der Waals surface area (Å²) in [5.41, 5.74) is 5.86. The molecule has 0 aliphatic carbocycles. The number of nitrogens with zero attached hydrogens (tertiary/aromatic N) is 4. The van der Waals surface area contributed by atoms with Crippen LogP contribution in [-0.4, -0.2) is 57.6 Å². The number of aliphatic hydroxyl groups excluding tert-OH is 1. The first kappa shape index (κ1) is 29.1. The zero-order valence-electron chi connectivity index (χ0n) is 20.9. The number of benzene rings is 1. The van der Waals surface area contributed by atoms with E-state index in [0.717, 1.165) is 16.8 Å². The van der Waals surface area contributed by atoms with Gasteiger partial charge in [0.2, 0.25) is 0 Å². The summed E-state index contributed by atoms with van der Waals surface area (Å²) in [5.74, 6) is -0.514. The largest absolute Gasteiger partial charge is 0.465 e. The Morgan fingerprint density at radius 3 is 2.71 bits per heavy atom. The first-order valence-corrected chi connectivity index (χ1v) is 13.2. The number of aromatic amines is 1. The van der Waals surface area contributed by atoms with Crippen molar-refractivity contribution in [2.45, 2.75) is 57.2 Å². The molecular weight excluding hydrogens is 523 g/mol. The molecule has 16 heteroatoms. The van der Waals surface area contributed by atoms with Gasteiger partial charge in [-0.1, -0.05) is 30.2 Å². The van der Waals surface area contributed by atoms with E-state index in [-0.39, 0.29) is 12.4 Å². The first-order valence-electron chi connectivity index (χ1n) is 11.7. The molecule has 0 saturated carbocycles. The maximum atomic E-state index is 13.7. The van der Waals surface area contributed by atoms with E-state index in [4.69, 9.17) is 24.1 Å². The second-order valence-electron chi connectivity index (χ2n) is 8.62. The number of carbonyl (C=O) groups is 1. The summed E-state index contributed by atoms with van der Waals surface area (Å²) in [6, 6.07) is 8.01. The molecule has 3 rings (SSSR count). The first-order chi connectivity index (χ1) is 18.0. The number of para-hydroxylation sites is 1. The van der Waals surface area contributed by atoms with Gasteiger partial charge in [0.15, 0.2) is 6.23 Å². The van der Waals surface area contributed by atoms with Gasteiger partial charge in [0.05, 0.1) is 19.3 Å². The molecule has 2 unspecified atom stereocenters. The lowest BCUT2D eigenvalue weighted by atomic mass is 9.93. The Kier molecular flexibility index (Phi) is 9.50. The summed E-state index contributed by atoms with van der Waals surface area (Å²) in [7, 11) is -4.29. The third kappa shape index (κ3) is 6.70. The predicted molar refractivity (Wildman–Crippen MR) is 133 cm³/mol. The Morgan fingerprint density at radius 1 is 1.37 bits per heavy atom. The minimum atomic E-state index is -4.29. The molecule has 3 N–H and O–H groups in total. The normalized spacial score (nSPS) is 25.1. The Labute approximate surface area is 216 Å². The minimum Gasteiger partial charge on any atom is -0.465 e. The summed E-state index contributed by atoms with van der Waals surface area (Å²) < 4.78 is 36.7. The van der Waals surface area contributed by atoms with Gasteiger partial charge in [0.1, 0.15) is 23.4 Å². The van der Waals surface area contributed by atoms with E-state index in [1.54, 1.807) is 18.2 Å². The van der Waals surface area contributed by atoms with E-state index >= 15 is 0 Å². The van der Waals surface area contributed by atoms with Crippen LogP contribution in [0.3, 0.4) is 0 Å². The minimum absolute atomic E-state index is 0.168. The molecule has 1 saturated heterocycles. The van der Waals surface area contributed by atoms with Crippen LogP contribution in [0.15, 0.2) is 57.3 Å². The Balaban J connectivity index is 1.85. The van der Waals surface area contributed by atoms with Crippen molar-refractivity contribution >= 4 is 13.7 Å². The monoisotopic (exact) mass is 552 g/mol. The van der Waals surface area contributed by atoms with Crippen LogP contribution in [0.2, 0.25) is 0 Å². The van der Waals surface area contributed by atoms with Gasteiger partial charge in [0.25, 0.3) is 5.56 Å². The van der Waals surface area contributed by atoms with Crippen LogP contribution in [-0.2, 0) is 23.4 Å². The van der Waals surface area contributed by atoms with Crippen LogP contribution < -0.4 is 20.9 Å². The number of aliphatic hydroxyl groups is 1. The highest BCUT2D eigenvalue weighted by Crippen LogP contribution is 2.47. The van der Waals surface area contributed by atoms with Gasteiger partial charge in [-0.15, -0.1) is 0 Å². The molecule has 38 heavy (non-hydrogen) atoms. The van der Waals surface area contributed by atoms with Crippen LogP contribution in [0, 0.1) is 0 Å². The van der Waals surface area contributed by atoms with Crippen molar-refractivity contribution in [3.05, 3.63) is 73.9 Å². The summed E-state index contributed by atoms with van der Waals surface area (Å²) in [5, 5.41) is 17.1. The SMILES string of the molecule is CCCOC(=O)[C@H](C)NP(=O)(OC[C@H]1OC(n2ccc(=O)[nH]c2=O)[C@](C)(N=[N+]=[N-])[C@@H]1O)Oc1ccccc1. The molecular formula is C22H29N6O9P. The third-order valence-electron chi connectivity index (χ3n) is 5.65. The molecule has 15 nitrogen and oxygen atoms in total. The van der Waals surface area contributed by atoms with E-state index in [2.05, 4.69) is 20.1 Å². The second-order valence-corrected chi connectivity index (χ2v) is 10.3. The molecule has 2 heterocycles. The van der Waals surface area contributed by atoms with Gasteiger partial charge in [-0.05, 0) is 37.9 Å². The van der Waals surface area contributed by atoms with E-state index < -0.39 is 61.6 Å². The number of ether oxygens (including phenoxy) is 2. The standard InChI is InChI=1S/C22H29N6O9P/c1-4-12-34-19(31)14(2)25-38(33,37-15-8-6-5-7-9-15)35-13-16-18(30)22(3,26-27-23)20(36-16)28-11-10-17(29)24-21(28)32/h5-11,14,16,18,20,30H,4,12-13H2,1-3H3,(H,25,33)(H,24,29,32)/t14-,16+,18+,20?,22+,38?/m0/s1. The van der Waals surface area contributed by atoms with Crippen LogP contribution in [0.1, 0.15) is 33.4 Å². The average molecular weight is 552 g/mol. The molecule has 1 aromatic heterocycles. The van der Waals surface area contributed by atoms with Crippen molar-refractivity contribution in [2.75, 3.05) is 13.2 Å². The fourth-order valence-corrected chi connectivity index (χ4v) is 5.20. The summed E-state index contributed by atoms with van der Waals surface area (Å²) in [6.45, 7) is 4.19. The van der Waals surface area contributed by atoms with Crippen LogP contribution in [0.25, 0.3) is 10.4 Å². The number of hydrogen-bond acceptors (Lipinski definition) is 10. The van der Waals surface area contributed by atoms with Gasteiger partial charge < -0.3 is 19.1 Å². The molecule has 1 aliphatic rings. The number of esters is 1. The number of azide groups is 1. The zero-order valence-corrected chi connectivity index (χ0v) is 21.8. The van der Waals surface area contributed by atoms with Gasteiger partial charge in [0, 0.05) is 17.2 Å². The Hall–Kier alpha value is -3.45. The van der Waals surface area contributed by atoms with Crippen molar-refractivity contribution in [2.24, 2.45) is 5.11 Å². The number of H-pyrrole nitrogens is 1. The van der Waals surface area contributed by atoms with E-state index in [1.807, 2.05) is 6.92 Å². The second kappa shape index (κ2) is 12.4. The van der Waals surface area contributed by atoms with Crippen LogP contribution in [0.5, 0.6) is 5.75 Å². The maximum Gasteiger partial charge on any atom is 0.459 e. The van der Waals surface area contributed by atoms with Crippen molar-refractivity contribution in [3.8, 4) is 5.75 Å². The van der Waals surface area contributed by atoms with E-state index in [9.17, 15) is 24.1 Å². The number of nitrogens with one attached hydrogen (secondary N) is 2. The summed E-state index contributed by atoms with van der Waals surface area (Å²) >= 11 is 0. The molecule has 1 fully saturated rings. The number of hydrogen-bond donors (Lipinski definition) is 3. The maximum absolute atomic E-state index is 13.7. The lowest BCUT2D eigenvalue weighted by Crippen LogP contribution is -2.45. The molecule has 6 atom stereocenters. The Morgan fingerprint density at radius 2 is 2.08 bits per heavy atom. The van der Waals surface area contributed by atoms with Crippen molar-refractivity contribution in [1.29, 1.82) is 0 Å². The lowest BCUT2D eigenvalue weighted by molar-refractivity contribution is -0.145. The van der Waals surface area contributed by atoms with Crippen molar-refractivity contribution in [3.63, 3.8) is 0 Å². The fraction of sp³-hybridized carbons (Fsp3) is 0.500. The molecule has 206 valence electrons. The number of carbonyl (C=O) groups excluding carboxylic acids is 1.